The minimum Gasteiger partial charge on any atom is -0.486 e. The fourth-order valence-corrected chi connectivity index (χ4v) is 2.35. The van der Waals surface area contributed by atoms with Crippen LogP contribution in [0.15, 0.2) is 18.2 Å². The third-order valence-electron chi connectivity index (χ3n) is 2.72. The van der Waals surface area contributed by atoms with Gasteiger partial charge in [0.05, 0.1) is 5.75 Å². The van der Waals surface area contributed by atoms with E-state index in [4.69, 9.17) is 9.47 Å². The van der Waals surface area contributed by atoms with Crippen LogP contribution in [0.3, 0.4) is 0 Å². The molecule has 0 saturated carbocycles. The van der Waals surface area contributed by atoms with Crippen LogP contribution in [0.5, 0.6) is 11.5 Å². The second kappa shape index (κ2) is 5.48. The molecule has 1 heterocycles. The molecule has 5 nitrogen and oxygen atoms in total. The summed E-state index contributed by atoms with van der Waals surface area (Å²) in [7, 11) is -2.93. The van der Waals surface area contributed by atoms with Gasteiger partial charge in [-0.1, -0.05) is 6.92 Å². The van der Waals surface area contributed by atoms with E-state index in [0.29, 0.717) is 25.5 Å². The molecule has 0 aromatic heterocycles. The molecule has 1 N–H and O–H groups in total. The molecule has 1 aromatic rings. The zero-order valence-electron chi connectivity index (χ0n) is 10.3. The minimum absolute atomic E-state index is 0.137. The number of sulfone groups is 1. The van der Waals surface area contributed by atoms with E-state index in [1.807, 2.05) is 18.2 Å². The Kier molecular flexibility index (Phi) is 3.96. The van der Waals surface area contributed by atoms with Gasteiger partial charge in [0.2, 0.25) is 0 Å². The first-order valence-corrected chi connectivity index (χ1v) is 7.77. The molecule has 1 aromatic carbocycles. The maximum atomic E-state index is 11.3. The first kappa shape index (κ1) is 13.0. The Balaban J connectivity index is 1.94. The molecule has 1 aliphatic rings. The second-order valence-electron chi connectivity index (χ2n) is 4.02. The maximum Gasteiger partial charge on any atom is 0.163 e. The number of hydrogen-bond acceptors (Lipinski definition) is 5. The van der Waals surface area contributed by atoms with Gasteiger partial charge in [-0.3, -0.25) is 0 Å². The van der Waals surface area contributed by atoms with Crippen molar-refractivity contribution in [3.05, 3.63) is 18.2 Å². The van der Waals surface area contributed by atoms with Crippen LogP contribution in [0.1, 0.15) is 6.92 Å². The number of hydrogen-bond donors (Lipinski definition) is 1. The monoisotopic (exact) mass is 271 g/mol. The fraction of sp³-hybridized carbons (Fsp3) is 0.500. The topological polar surface area (TPSA) is 64.6 Å². The molecule has 0 unspecified atom stereocenters. The SMILES string of the molecule is CCS(=O)(=O)CCNc1ccc2c(c1)OCCO2. The van der Waals surface area contributed by atoms with Gasteiger partial charge in [-0.25, -0.2) is 8.42 Å². The van der Waals surface area contributed by atoms with E-state index in [2.05, 4.69) is 5.32 Å². The molecule has 0 amide bonds. The Morgan fingerprint density at radius 1 is 1.22 bits per heavy atom. The molecule has 0 bridgehead atoms. The molecule has 0 fully saturated rings. The van der Waals surface area contributed by atoms with Gasteiger partial charge in [0, 0.05) is 24.1 Å². The van der Waals surface area contributed by atoms with E-state index in [1.165, 1.54) is 0 Å². The smallest absolute Gasteiger partial charge is 0.163 e. The van der Waals surface area contributed by atoms with E-state index in [0.717, 1.165) is 11.4 Å². The second-order valence-corrected chi connectivity index (χ2v) is 6.49. The summed E-state index contributed by atoms with van der Waals surface area (Å²) >= 11 is 0. The van der Waals surface area contributed by atoms with Crippen LogP contribution in [0.4, 0.5) is 5.69 Å². The van der Waals surface area contributed by atoms with Gasteiger partial charge in [0.25, 0.3) is 0 Å². The first-order valence-electron chi connectivity index (χ1n) is 5.94. The molecule has 0 atom stereocenters. The summed E-state index contributed by atoms with van der Waals surface area (Å²) < 4.78 is 33.5. The molecule has 2 rings (SSSR count). The van der Waals surface area contributed by atoms with Crippen molar-refractivity contribution in [2.45, 2.75) is 6.92 Å². The number of rotatable bonds is 5. The quantitative estimate of drug-likeness (QED) is 0.874. The summed E-state index contributed by atoms with van der Waals surface area (Å²) in [4.78, 5) is 0. The normalized spacial score (nSPS) is 14.3. The van der Waals surface area contributed by atoms with Crippen molar-refractivity contribution in [3.63, 3.8) is 0 Å². The Morgan fingerprint density at radius 3 is 2.67 bits per heavy atom. The van der Waals surface area contributed by atoms with Crippen molar-refractivity contribution >= 4 is 15.5 Å². The van der Waals surface area contributed by atoms with Crippen LogP contribution >= 0.6 is 0 Å². The van der Waals surface area contributed by atoms with Crippen LogP contribution in [0.2, 0.25) is 0 Å². The summed E-state index contributed by atoms with van der Waals surface area (Å²) in [6.45, 7) is 3.16. The average Bonchev–Trinajstić information content (AvgIpc) is 2.38. The van der Waals surface area contributed by atoms with Gasteiger partial charge in [-0.05, 0) is 12.1 Å². The molecule has 6 heteroatoms. The number of fused-ring (bicyclic) bond motifs is 1. The van der Waals surface area contributed by atoms with Crippen molar-refractivity contribution < 1.29 is 17.9 Å². The number of ether oxygens (including phenoxy) is 2. The minimum atomic E-state index is -2.93. The molecule has 0 aliphatic carbocycles. The van der Waals surface area contributed by atoms with Crippen molar-refractivity contribution in [2.24, 2.45) is 0 Å². The third-order valence-corrected chi connectivity index (χ3v) is 4.43. The van der Waals surface area contributed by atoms with Crippen LogP contribution < -0.4 is 14.8 Å². The summed E-state index contributed by atoms with van der Waals surface area (Å²) in [5.74, 6) is 1.74. The Morgan fingerprint density at radius 2 is 1.94 bits per heavy atom. The van der Waals surface area contributed by atoms with Crippen LogP contribution in [-0.2, 0) is 9.84 Å². The number of nitrogens with one attached hydrogen (secondary N) is 1. The molecule has 1 aliphatic heterocycles. The Bertz CT molecular complexity index is 513. The van der Waals surface area contributed by atoms with Gasteiger partial charge in [0.15, 0.2) is 21.3 Å². The number of anilines is 1. The lowest BCUT2D eigenvalue weighted by Gasteiger charge is -2.19. The predicted octanol–water partition coefficient (Wildman–Crippen LogP) is 1.30. The molecular formula is C12H17NO4S. The summed E-state index contributed by atoms with van der Waals surface area (Å²) in [6.07, 6.45) is 0. The third kappa shape index (κ3) is 3.29. The zero-order valence-corrected chi connectivity index (χ0v) is 11.1. The Hall–Kier alpha value is -1.43. The van der Waals surface area contributed by atoms with Crippen molar-refractivity contribution in [1.29, 1.82) is 0 Å². The highest BCUT2D eigenvalue weighted by Crippen LogP contribution is 2.32. The lowest BCUT2D eigenvalue weighted by Crippen LogP contribution is -2.18. The van der Waals surface area contributed by atoms with Gasteiger partial charge < -0.3 is 14.8 Å². The molecule has 100 valence electrons. The van der Waals surface area contributed by atoms with E-state index >= 15 is 0 Å². The largest absolute Gasteiger partial charge is 0.486 e. The lowest BCUT2D eigenvalue weighted by molar-refractivity contribution is 0.171. The maximum absolute atomic E-state index is 11.3. The van der Waals surface area contributed by atoms with E-state index in [-0.39, 0.29) is 11.5 Å². The van der Waals surface area contributed by atoms with Crippen molar-refractivity contribution in [1.82, 2.24) is 0 Å². The highest BCUT2D eigenvalue weighted by molar-refractivity contribution is 7.91. The van der Waals surface area contributed by atoms with Crippen LogP contribution in [-0.4, -0.2) is 39.7 Å². The van der Waals surface area contributed by atoms with E-state index in [9.17, 15) is 8.42 Å². The van der Waals surface area contributed by atoms with Gasteiger partial charge in [0.1, 0.15) is 13.2 Å². The van der Waals surface area contributed by atoms with Gasteiger partial charge >= 0.3 is 0 Å². The lowest BCUT2D eigenvalue weighted by atomic mass is 10.2. The molecule has 0 saturated heterocycles. The highest BCUT2D eigenvalue weighted by Gasteiger charge is 2.12. The van der Waals surface area contributed by atoms with E-state index < -0.39 is 9.84 Å². The molecular weight excluding hydrogens is 254 g/mol. The molecule has 0 radical (unpaired) electrons. The first-order chi connectivity index (χ1) is 8.61. The van der Waals surface area contributed by atoms with Crippen LogP contribution in [0.25, 0.3) is 0 Å². The number of benzene rings is 1. The van der Waals surface area contributed by atoms with Crippen molar-refractivity contribution in [2.75, 3.05) is 36.6 Å². The predicted molar refractivity (Wildman–Crippen MR) is 70.2 cm³/mol. The standard InChI is InChI=1S/C12H17NO4S/c1-2-18(14,15)8-5-13-10-3-4-11-12(9-10)17-7-6-16-11/h3-4,9,13H,2,5-8H2,1H3. The summed E-state index contributed by atoms with van der Waals surface area (Å²) in [5.41, 5.74) is 0.838. The van der Waals surface area contributed by atoms with Gasteiger partial charge in [-0.15, -0.1) is 0 Å². The van der Waals surface area contributed by atoms with E-state index in [1.54, 1.807) is 6.92 Å². The zero-order chi connectivity index (χ0) is 13.0. The fourth-order valence-electron chi connectivity index (χ4n) is 1.65. The summed E-state index contributed by atoms with van der Waals surface area (Å²) in [6, 6.07) is 5.50. The molecule has 18 heavy (non-hydrogen) atoms. The summed E-state index contributed by atoms with van der Waals surface area (Å²) in [5, 5.41) is 3.07. The van der Waals surface area contributed by atoms with Gasteiger partial charge in [-0.2, -0.15) is 0 Å². The Labute approximate surface area is 107 Å². The van der Waals surface area contributed by atoms with Crippen molar-refractivity contribution in [3.8, 4) is 11.5 Å². The van der Waals surface area contributed by atoms with Crippen LogP contribution in [0, 0.1) is 0 Å². The highest BCUT2D eigenvalue weighted by atomic mass is 32.2. The average molecular weight is 271 g/mol. The molecule has 0 spiro atoms.